The summed E-state index contributed by atoms with van der Waals surface area (Å²) in [6.07, 6.45) is 3.07. The highest BCUT2D eigenvalue weighted by atomic mass is 32.1. The highest BCUT2D eigenvalue weighted by Gasteiger charge is 2.44. The number of benzene rings is 2. The van der Waals surface area contributed by atoms with Crippen molar-refractivity contribution in [2.45, 2.75) is 207 Å². The van der Waals surface area contributed by atoms with Gasteiger partial charge in [-0.3, -0.25) is 48.1 Å². The van der Waals surface area contributed by atoms with Gasteiger partial charge in [0.05, 0.1) is 75.5 Å². The summed E-state index contributed by atoms with van der Waals surface area (Å²) in [6, 6.07) is 9.54. The molecular formula is C76H119N13O17S. The molecule has 11 amide bonds. The standard InChI is InChI=1S/C76H119N13O17S/c1-14-50(8)67(59(102-12)45-62(92)89-37-19-23-58(89)68(103-13)51(9)69(95)83-57(73-79-36-43-107-73)44-52-20-16-15-17-21-52)86(10)74(99)65(48(4)5)85-72(98)66(49(6)7)87(11)76(101)106-46-53-24-26-54(27-25-53)81-70(96)56(22-18-33-80-75(77)100)82-71(97)64(47(2)3)84-60(90)28-29-61(91)88(55-30-34-78-35-31-55)38-40-105-42-41-104-39-32-63(93)94/h15-17,20-21,24-27,36,43,47-51,55-59,64-68,78H,14,18-19,22-23,28-35,37-42,44-46H2,1-13H3,(H,81,96)(H,82,97)(H,83,95)(H,84,90)(H,85,98)(H,93,94)(H3,77,80,100)/t50-,51+,56-,57-,58-,59+,64-,65-,66-,67-,68+/m0/s1. The highest BCUT2D eigenvalue weighted by Crippen LogP contribution is 2.31. The van der Waals surface area contributed by atoms with E-state index in [9.17, 15) is 52.7 Å². The second-order valence-electron chi connectivity index (χ2n) is 28.7. The van der Waals surface area contributed by atoms with Gasteiger partial charge < -0.3 is 86.4 Å². The first-order valence-electron chi connectivity index (χ1n) is 37.5. The zero-order valence-electron chi connectivity index (χ0n) is 64.8. The number of aromatic nitrogens is 1. The molecular weight excluding hydrogens is 1400 g/mol. The fourth-order valence-electron chi connectivity index (χ4n) is 13.7. The molecule has 10 N–H and O–H groups in total. The molecule has 11 atom stereocenters. The maximum Gasteiger partial charge on any atom is 0.410 e. The number of rotatable bonds is 46. The molecule has 107 heavy (non-hydrogen) atoms. The van der Waals surface area contributed by atoms with Gasteiger partial charge in [-0.25, -0.2) is 14.6 Å². The van der Waals surface area contributed by atoms with Crippen LogP contribution in [0, 0.1) is 29.6 Å². The van der Waals surface area contributed by atoms with Crippen LogP contribution < -0.4 is 43.0 Å². The lowest BCUT2D eigenvalue weighted by molar-refractivity contribution is -0.148. The van der Waals surface area contributed by atoms with Crippen molar-refractivity contribution in [3.63, 3.8) is 0 Å². The van der Waals surface area contributed by atoms with Crippen LogP contribution in [0.4, 0.5) is 15.3 Å². The fraction of sp³-hybridized carbons (Fsp3) is 0.658. The Labute approximate surface area is 634 Å². The number of carbonyl (C=O) groups is 11. The first-order valence-corrected chi connectivity index (χ1v) is 38.3. The Balaban J connectivity index is 1.18. The number of carboxylic acid groups (broad SMARTS) is 1. The third-order valence-electron chi connectivity index (χ3n) is 19.8. The van der Waals surface area contributed by atoms with Crippen molar-refractivity contribution in [1.82, 2.24) is 56.5 Å². The summed E-state index contributed by atoms with van der Waals surface area (Å²) in [4.78, 5) is 160. The second-order valence-corrected chi connectivity index (χ2v) is 29.6. The number of hydrogen-bond donors (Lipinski definition) is 9. The Kier molecular flexibility index (Phi) is 38.5. The predicted molar refractivity (Wildman–Crippen MR) is 404 cm³/mol. The Bertz CT molecular complexity index is 3290. The molecule has 2 saturated heterocycles. The first kappa shape index (κ1) is 89.3. The van der Waals surface area contributed by atoms with E-state index in [1.165, 1.54) is 30.4 Å². The van der Waals surface area contributed by atoms with Gasteiger partial charge in [0.15, 0.2) is 0 Å². The minimum absolute atomic E-state index is 0.0493. The third kappa shape index (κ3) is 28.6. The molecule has 1 aromatic heterocycles. The van der Waals surface area contributed by atoms with Gasteiger partial charge in [-0.1, -0.05) is 111 Å². The van der Waals surface area contributed by atoms with Gasteiger partial charge in [-0.15, -0.1) is 11.3 Å². The molecule has 31 heteroatoms. The molecule has 0 bridgehead atoms. The van der Waals surface area contributed by atoms with Crippen LogP contribution in [0.5, 0.6) is 0 Å². The number of nitrogens with one attached hydrogen (secondary N) is 7. The van der Waals surface area contributed by atoms with Gasteiger partial charge in [-0.05, 0) is 105 Å². The summed E-state index contributed by atoms with van der Waals surface area (Å²) in [5, 5.41) is 31.7. The van der Waals surface area contributed by atoms with Crippen LogP contribution in [0.1, 0.15) is 155 Å². The first-order chi connectivity index (χ1) is 51.0. The summed E-state index contributed by atoms with van der Waals surface area (Å²) in [5.74, 6) is -6.66. The zero-order valence-corrected chi connectivity index (χ0v) is 65.6. The molecule has 3 heterocycles. The number of nitrogens with zero attached hydrogens (tertiary/aromatic N) is 5. The van der Waals surface area contributed by atoms with E-state index in [2.05, 4.69) is 42.2 Å². The van der Waals surface area contributed by atoms with E-state index in [1.807, 2.05) is 56.5 Å². The number of hydrogen-bond acceptors (Lipinski definition) is 19. The largest absolute Gasteiger partial charge is 0.481 e. The summed E-state index contributed by atoms with van der Waals surface area (Å²) in [7, 11) is 6.15. The van der Waals surface area contributed by atoms with Gasteiger partial charge in [-0.2, -0.15) is 0 Å². The fourth-order valence-corrected chi connectivity index (χ4v) is 14.4. The lowest BCUT2D eigenvalue weighted by Gasteiger charge is -2.41. The Morgan fingerprint density at radius 1 is 0.729 bits per heavy atom. The Morgan fingerprint density at radius 3 is 2.00 bits per heavy atom. The predicted octanol–water partition coefficient (Wildman–Crippen LogP) is 5.78. The molecule has 2 aromatic carbocycles. The number of carbonyl (C=O) groups excluding carboxylic acids is 10. The van der Waals surface area contributed by atoms with Crippen LogP contribution >= 0.6 is 11.3 Å². The molecule has 0 radical (unpaired) electrons. The Hall–Kier alpha value is -8.36. The molecule has 0 saturated carbocycles. The second kappa shape index (κ2) is 46.1. The van der Waals surface area contributed by atoms with E-state index in [0.29, 0.717) is 69.4 Å². The minimum Gasteiger partial charge on any atom is -0.481 e. The van der Waals surface area contributed by atoms with E-state index < -0.39 is 120 Å². The molecule has 0 aliphatic carbocycles. The van der Waals surface area contributed by atoms with Crippen molar-refractivity contribution in [2.24, 2.45) is 35.3 Å². The average Bonchev–Trinajstić information content (AvgIpc) is 1.80. The summed E-state index contributed by atoms with van der Waals surface area (Å²) in [5.41, 5.74) is 7.17. The van der Waals surface area contributed by atoms with Crippen molar-refractivity contribution in [2.75, 3.05) is 92.8 Å². The van der Waals surface area contributed by atoms with Crippen LogP contribution in [-0.4, -0.2) is 237 Å². The van der Waals surface area contributed by atoms with Crippen molar-refractivity contribution < 1.29 is 81.5 Å². The lowest BCUT2D eigenvalue weighted by atomic mass is 9.89. The quantitative estimate of drug-likeness (QED) is 0.0303. The maximum absolute atomic E-state index is 14.9. The van der Waals surface area contributed by atoms with E-state index >= 15 is 0 Å². The van der Waals surface area contributed by atoms with Crippen molar-refractivity contribution >= 4 is 82.4 Å². The number of likely N-dealkylation sites (tertiary alicyclic amines) is 1. The van der Waals surface area contributed by atoms with Gasteiger partial charge in [0.25, 0.3) is 0 Å². The van der Waals surface area contributed by atoms with E-state index in [4.69, 9.17) is 34.5 Å². The number of anilines is 1. The number of nitrogens with two attached hydrogens (primary N) is 1. The number of carboxylic acids is 1. The number of aliphatic carboxylic acids is 1. The monoisotopic (exact) mass is 1520 g/mol. The summed E-state index contributed by atoms with van der Waals surface area (Å²) < 4.78 is 28.9. The third-order valence-corrected chi connectivity index (χ3v) is 20.7. The average molecular weight is 1520 g/mol. The Morgan fingerprint density at radius 2 is 1.40 bits per heavy atom. The summed E-state index contributed by atoms with van der Waals surface area (Å²) in [6.45, 7) is 19.0. The van der Waals surface area contributed by atoms with Gasteiger partial charge in [0.2, 0.25) is 47.3 Å². The molecule has 0 spiro atoms. The van der Waals surface area contributed by atoms with Gasteiger partial charge in [0.1, 0.15) is 35.8 Å². The SMILES string of the molecule is CC[C@H](C)[C@@H]([C@@H](CC(=O)N1CCC[C@H]1[C@H](OC)[C@@H](C)C(=O)N[C@@H](Cc1ccccc1)c1nccs1)OC)N(C)C(=O)[C@@H](NC(=O)[C@H](C(C)C)N(C)C(=O)OCc1ccc(NC(=O)[C@H](CCCNC(N)=O)NC(=O)[C@@H](NC(=O)CCC(=O)N(CCOCCOCCC(=O)O)C2CCNCC2)C(C)C)cc1)C(C)C. The number of piperidine rings is 1. The molecule has 2 aliphatic heterocycles. The topological polar surface area (TPSA) is 390 Å². The lowest BCUT2D eigenvalue weighted by Crippen LogP contribution is -2.60. The van der Waals surface area contributed by atoms with Crippen LogP contribution in [0.15, 0.2) is 66.2 Å². The number of urea groups is 1. The number of primary amides is 1. The van der Waals surface area contributed by atoms with Crippen LogP contribution in [0.25, 0.3) is 0 Å². The zero-order chi connectivity index (χ0) is 78.9. The number of likely N-dealkylation sites (N-methyl/N-ethyl adjacent to an activating group) is 2. The van der Waals surface area contributed by atoms with E-state index in [1.54, 1.807) is 101 Å². The molecule has 2 fully saturated rings. The highest BCUT2D eigenvalue weighted by molar-refractivity contribution is 7.09. The number of amides is 11. The van der Waals surface area contributed by atoms with Crippen molar-refractivity contribution in [1.29, 1.82) is 0 Å². The van der Waals surface area contributed by atoms with Crippen LogP contribution in [0.3, 0.4) is 0 Å². The summed E-state index contributed by atoms with van der Waals surface area (Å²) >= 11 is 1.47. The van der Waals surface area contributed by atoms with E-state index in [-0.39, 0.29) is 120 Å². The molecule has 30 nitrogen and oxygen atoms in total. The van der Waals surface area contributed by atoms with Crippen molar-refractivity contribution in [3.8, 4) is 0 Å². The maximum atomic E-state index is 14.9. The van der Waals surface area contributed by atoms with Crippen LogP contribution in [-0.2, 0) is 79.9 Å². The minimum atomic E-state index is -1.16. The molecule has 0 unspecified atom stereocenters. The van der Waals surface area contributed by atoms with Gasteiger partial charge >= 0.3 is 18.1 Å². The molecule has 5 rings (SSSR count). The number of thiazole rings is 1. The molecule has 2 aliphatic rings. The number of ether oxygens (including phenoxy) is 5. The normalized spacial score (nSPS) is 16.7. The van der Waals surface area contributed by atoms with E-state index in [0.717, 1.165) is 10.6 Å². The van der Waals surface area contributed by atoms with Crippen LogP contribution in [0.2, 0.25) is 0 Å². The van der Waals surface area contributed by atoms with Crippen molar-refractivity contribution in [3.05, 3.63) is 82.3 Å². The smallest absolute Gasteiger partial charge is 0.410 e. The molecule has 3 aromatic rings. The number of methoxy groups -OCH3 is 2. The van der Waals surface area contributed by atoms with Gasteiger partial charge in [0, 0.05) is 84.1 Å². The molecule has 596 valence electrons.